The number of anilines is 3. The highest BCUT2D eigenvalue weighted by molar-refractivity contribution is 5.74. The van der Waals surface area contributed by atoms with Gasteiger partial charge in [-0.1, -0.05) is 0 Å². The zero-order valence-corrected chi connectivity index (χ0v) is 11.3. The first kappa shape index (κ1) is 13.2. The van der Waals surface area contributed by atoms with E-state index in [1.165, 1.54) is 6.33 Å². The third-order valence-electron chi connectivity index (χ3n) is 3.33. The normalized spacial score (nSPS) is 14.2. The molecule has 1 aliphatic rings. The van der Waals surface area contributed by atoms with Gasteiger partial charge in [0.1, 0.15) is 6.33 Å². The van der Waals surface area contributed by atoms with E-state index in [0.29, 0.717) is 11.5 Å². The fourth-order valence-electron chi connectivity index (χ4n) is 2.36. The summed E-state index contributed by atoms with van der Waals surface area (Å²) < 4.78 is 0. The van der Waals surface area contributed by atoms with Crippen molar-refractivity contribution in [1.82, 2.24) is 15.0 Å². The summed E-state index contributed by atoms with van der Waals surface area (Å²) in [6.45, 7) is 1.57. The number of nitro groups is 1. The Kier molecular flexibility index (Phi) is 3.59. The van der Waals surface area contributed by atoms with Crippen LogP contribution in [0.4, 0.5) is 23.0 Å². The second kappa shape index (κ2) is 5.70. The Hall–Kier alpha value is -2.77. The van der Waals surface area contributed by atoms with Gasteiger partial charge in [-0.15, -0.1) is 0 Å². The molecule has 0 spiro atoms. The maximum atomic E-state index is 11.4. The standard InChI is InChI=1S/C13H14N6O2/c20-19(21)11-12(17-10-3-5-14-6-4-10)15-9-16-13(11)18-7-1-2-8-18/h3-6,9H,1-2,7-8H2,(H,14,15,16,17). The van der Waals surface area contributed by atoms with E-state index in [1.54, 1.807) is 24.5 Å². The predicted octanol–water partition coefficient (Wildman–Crippen LogP) is 2.12. The third kappa shape index (κ3) is 2.73. The SMILES string of the molecule is O=[N+]([O-])c1c(Nc2ccncc2)ncnc1N1CCCC1. The lowest BCUT2D eigenvalue weighted by atomic mass is 10.3. The highest BCUT2D eigenvalue weighted by Gasteiger charge is 2.28. The Labute approximate surface area is 121 Å². The molecule has 0 bridgehead atoms. The van der Waals surface area contributed by atoms with Crippen molar-refractivity contribution < 1.29 is 4.92 Å². The molecule has 2 aromatic heterocycles. The van der Waals surface area contributed by atoms with Crippen LogP contribution < -0.4 is 10.2 Å². The van der Waals surface area contributed by atoms with Crippen LogP contribution in [0, 0.1) is 10.1 Å². The minimum absolute atomic E-state index is 0.0868. The summed E-state index contributed by atoms with van der Waals surface area (Å²) >= 11 is 0. The molecule has 0 saturated carbocycles. The van der Waals surface area contributed by atoms with Crippen LogP contribution in [0.5, 0.6) is 0 Å². The van der Waals surface area contributed by atoms with Crippen LogP contribution >= 0.6 is 0 Å². The fourth-order valence-corrected chi connectivity index (χ4v) is 2.36. The molecule has 1 fully saturated rings. The molecular formula is C13H14N6O2. The first-order valence-electron chi connectivity index (χ1n) is 6.67. The molecule has 21 heavy (non-hydrogen) atoms. The minimum Gasteiger partial charge on any atom is -0.351 e. The van der Waals surface area contributed by atoms with E-state index in [-0.39, 0.29) is 11.5 Å². The largest absolute Gasteiger partial charge is 0.353 e. The maximum Gasteiger partial charge on any atom is 0.353 e. The van der Waals surface area contributed by atoms with E-state index in [1.807, 2.05) is 4.90 Å². The van der Waals surface area contributed by atoms with Gasteiger partial charge in [-0.25, -0.2) is 9.97 Å². The topological polar surface area (TPSA) is 97.1 Å². The van der Waals surface area contributed by atoms with Gasteiger partial charge in [0.15, 0.2) is 0 Å². The maximum absolute atomic E-state index is 11.4. The van der Waals surface area contributed by atoms with E-state index in [2.05, 4.69) is 20.3 Å². The van der Waals surface area contributed by atoms with Crippen LogP contribution in [-0.2, 0) is 0 Å². The Morgan fingerprint density at radius 1 is 1.19 bits per heavy atom. The molecule has 0 amide bonds. The third-order valence-corrected chi connectivity index (χ3v) is 3.33. The Balaban J connectivity index is 1.99. The lowest BCUT2D eigenvalue weighted by Gasteiger charge is -2.17. The second-order valence-electron chi connectivity index (χ2n) is 4.71. The summed E-state index contributed by atoms with van der Waals surface area (Å²) in [7, 11) is 0. The predicted molar refractivity (Wildman–Crippen MR) is 77.7 cm³/mol. The average Bonchev–Trinajstić information content (AvgIpc) is 3.02. The van der Waals surface area contributed by atoms with Crippen molar-refractivity contribution in [3.05, 3.63) is 41.0 Å². The molecule has 8 heteroatoms. The number of hydrogen-bond acceptors (Lipinski definition) is 7. The Morgan fingerprint density at radius 2 is 1.90 bits per heavy atom. The molecule has 0 radical (unpaired) electrons. The Morgan fingerprint density at radius 3 is 2.57 bits per heavy atom. The summed E-state index contributed by atoms with van der Waals surface area (Å²) in [5.74, 6) is 0.576. The van der Waals surface area contributed by atoms with E-state index in [4.69, 9.17) is 0 Å². The highest BCUT2D eigenvalue weighted by Crippen LogP contribution is 2.34. The van der Waals surface area contributed by atoms with Crippen LogP contribution in [0.1, 0.15) is 12.8 Å². The summed E-state index contributed by atoms with van der Waals surface area (Å²) in [5.41, 5.74) is 0.607. The molecule has 3 heterocycles. The summed E-state index contributed by atoms with van der Waals surface area (Å²) in [6.07, 6.45) is 6.61. The zero-order chi connectivity index (χ0) is 14.7. The van der Waals surface area contributed by atoms with Crippen LogP contribution in [0.3, 0.4) is 0 Å². The smallest absolute Gasteiger partial charge is 0.351 e. The number of nitrogens with zero attached hydrogens (tertiary/aromatic N) is 5. The van der Waals surface area contributed by atoms with Gasteiger partial charge in [-0.05, 0) is 25.0 Å². The number of aromatic nitrogens is 3. The van der Waals surface area contributed by atoms with Gasteiger partial charge in [-0.2, -0.15) is 0 Å². The number of rotatable bonds is 4. The Bertz CT molecular complexity index is 642. The molecule has 1 saturated heterocycles. The van der Waals surface area contributed by atoms with Gasteiger partial charge in [0.05, 0.1) is 4.92 Å². The van der Waals surface area contributed by atoms with Gasteiger partial charge in [0.25, 0.3) is 0 Å². The number of nitrogens with one attached hydrogen (secondary N) is 1. The molecule has 0 aromatic carbocycles. The second-order valence-corrected chi connectivity index (χ2v) is 4.71. The van der Waals surface area contributed by atoms with Gasteiger partial charge < -0.3 is 10.2 Å². The minimum atomic E-state index is -0.433. The lowest BCUT2D eigenvalue weighted by molar-refractivity contribution is -0.383. The van der Waals surface area contributed by atoms with Gasteiger partial charge in [0.2, 0.25) is 11.6 Å². The number of hydrogen-bond donors (Lipinski definition) is 1. The van der Waals surface area contributed by atoms with Crippen molar-refractivity contribution in [2.24, 2.45) is 0 Å². The van der Waals surface area contributed by atoms with Crippen molar-refractivity contribution in [3.8, 4) is 0 Å². The summed E-state index contributed by atoms with van der Waals surface area (Å²) in [6, 6.07) is 3.45. The highest BCUT2D eigenvalue weighted by atomic mass is 16.6. The fraction of sp³-hybridized carbons (Fsp3) is 0.308. The molecule has 0 aliphatic carbocycles. The zero-order valence-electron chi connectivity index (χ0n) is 11.3. The van der Waals surface area contributed by atoms with Gasteiger partial charge in [0, 0.05) is 31.2 Å². The van der Waals surface area contributed by atoms with E-state index < -0.39 is 4.92 Å². The van der Waals surface area contributed by atoms with Crippen molar-refractivity contribution in [1.29, 1.82) is 0 Å². The monoisotopic (exact) mass is 286 g/mol. The first-order chi connectivity index (χ1) is 10.3. The molecule has 0 atom stereocenters. The van der Waals surface area contributed by atoms with Crippen molar-refractivity contribution in [2.75, 3.05) is 23.3 Å². The van der Waals surface area contributed by atoms with Crippen LogP contribution in [-0.4, -0.2) is 33.0 Å². The molecule has 0 unspecified atom stereocenters. The average molecular weight is 286 g/mol. The van der Waals surface area contributed by atoms with Crippen LogP contribution in [0.15, 0.2) is 30.9 Å². The van der Waals surface area contributed by atoms with Crippen molar-refractivity contribution >= 4 is 23.0 Å². The molecule has 2 aromatic rings. The molecule has 108 valence electrons. The first-order valence-corrected chi connectivity index (χ1v) is 6.67. The van der Waals surface area contributed by atoms with E-state index >= 15 is 0 Å². The summed E-state index contributed by atoms with van der Waals surface area (Å²) in [5, 5.41) is 14.4. The van der Waals surface area contributed by atoms with Crippen LogP contribution in [0.25, 0.3) is 0 Å². The molecule has 1 aliphatic heterocycles. The molecule has 8 nitrogen and oxygen atoms in total. The lowest BCUT2D eigenvalue weighted by Crippen LogP contribution is -2.21. The summed E-state index contributed by atoms with van der Waals surface area (Å²) in [4.78, 5) is 25.0. The van der Waals surface area contributed by atoms with Crippen LogP contribution in [0.2, 0.25) is 0 Å². The molecule has 3 rings (SSSR count). The number of pyridine rings is 1. The quantitative estimate of drug-likeness (QED) is 0.679. The van der Waals surface area contributed by atoms with Crippen molar-refractivity contribution in [3.63, 3.8) is 0 Å². The van der Waals surface area contributed by atoms with E-state index in [9.17, 15) is 10.1 Å². The molecule has 1 N–H and O–H groups in total. The molecular weight excluding hydrogens is 272 g/mol. The van der Waals surface area contributed by atoms with Gasteiger partial charge in [-0.3, -0.25) is 15.1 Å². The van der Waals surface area contributed by atoms with Crippen molar-refractivity contribution in [2.45, 2.75) is 12.8 Å². The van der Waals surface area contributed by atoms with E-state index in [0.717, 1.165) is 25.9 Å². The van der Waals surface area contributed by atoms with Gasteiger partial charge >= 0.3 is 5.69 Å².